The zero-order valence-corrected chi connectivity index (χ0v) is 17.0. The van der Waals surface area contributed by atoms with E-state index in [2.05, 4.69) is 4.99 Å². The molecule has 0 N–H and O–H groups in total. The van der Waals surface area contributed by atoms with Crippen molar-refractivity contribution < 1.29 is 30.7 Å². The predicted octanol–water partition coefficient (Wildman–Crippen LogP) is 3.49. The molecule has 2 fully saturated rings. The summed E-state index contributed by atoms with van der Waals surface area (Å²) in [5, 5.41) is 0. The van der Waals surface area contributed by atoms with Crippen LogP contribution in [0.5, 0.6) is 0 Å². The summed E-state index contributed by atoms with van der Waals surface area (Å²) in [6, 6.07) is -0.184. The number of hydrogen-bond donors (Lipinski definition) is 0. The first-order chi connectivity index (χ1) is 13.0. The van der Waals surface area contributed by atoms with Crippen LogP contribution in [0.1, 0.15) is 51.4 Å². The van der Waals surface area contributed by atoms with E-state index in [1.807, 2.05) is 0 Å². The van der Waals surface area contributed by atoms with Crippen LogP contribution in [0.15, 0.2) is 4.99 Å². The maximum absolute atomic E-state index is 14.4. The van der Waals surface area contributed by atoms with Crippen LogP contribution in [-0.2, 0) is 14.6 Å². The summed E-state index contributed by atoms with van der Waals surface area (Å²) in [6.07, 6.45) is -1.36. The van der Waals surface area contributed by atoms with Crippen LogP contribution >= 0.6 is 0 Å². The van der Waals surface area contributed by atoms with E-state index in [-0.39, 0.29) is 18.3 Å². The van der Waals surface area contributed by atoms with E-state index in [1.54, 1.807) is 0 Å². The third-order valence-corrected chi connectivity index (χ3v) is 8.11. The fourth-order valence-electron chi connectivity index (χ4n) is 4.78. The molecule has 0 aromatic carbocycles. The minimum Gasteiger partial charge on any atom is -0.378 e. The molecule has 1 aliphatic heterocycles. The molecule has 0 saturated heterocycles. The molecular formula is C18H28F4N2O3S. The average molecular weight is 428 g/mol. The minimum absolute atomic E-state index is 0.00173. The Balaban J connectivity index is 2.00. The van der Waals surface area contributed by atoms with Crippen LogP contribution in [-0.4, -0.2) is 68.4 Å². The molecule has 0 aromatic rings. The van der Waals surface area contributed by atoms with E-state index in [9.17, 15) is 26.0 Å². The van der Waals surface area contributed by atoms with Gasteiger partial charge in [-0.1, -0.05) is 19.3 Å². The molecule has 10 heteroatoms. The van der Waals surface area contributed by atoms with Crippen molar-refractivity contribution in [1.29, 1.82) is 0 Å². The normalized spacial score (nSPS) is 35.9. The molecule has 0 amide bonds. The molecule has 162 valence electrons. The largest absolute Gasteiger partial charge is 0.429 e. The highest BCUT2D eigenvalue weighted by molar-refractivity contribution is 7.92. The highest BCUT2D eigenvalue weighted by Crippen LogP contribution is 2.46. The second kappa shape index (κ2) is 7.74. The number of sulfone groups is 1. The molecule has 2 aliphatic carbocycles. The lowest BCUT2D eigenvalue weighted by Crippen LogP contribution is -2.55. The molecule has 0 radical (unpaired) electrons. The van der Waals surface area contributed by atoms with Crippen molar-refractivity contribution in [2.45, 2.75) is 80.7 Å². The number of hydrogen-bond acceptors (Lipinski definition) is 5. The minimum atomic E-state index is -5.03. The SMILES string of the molecule is COC1CCC(C2=NC(C(F)(F)F)(S(C)(=O)=O)CN2C2CCCCC2)CC1F. The Morgan fingerprint density at radius 2 is 1.79 bits per heavy atom. The topological polar surface area (TPSA) is 59.0 Å². The lowest BCUT2D eigenvalue weighted by atomic mass is 9.84. The van der Waals surface area contributed by atoms with Crippen LogP contribution in [0.2, 0.25) is 0 Å². The van der Waals surface area contributed by atoms with Crippen molar-refractivity contribution in [2.24, 2.45) is 10.9 Å². The Morgan fingerprint density at radius 3 is 2.29 bits per heavy atom. The Morgan fingerprint density at radius 1 is 1.14 bits per heavy atom. The summed E-state index contributed by atoms with van der Waals surface area (Å²) in [5.74, 6) is -0.416. The number of methoxy groups -OCH3 is 1. The maximum atomic E-state index is 14.4. The van der Waals surface area contributed by atoms with Gasteiger partial charge in [0.1, 0.15) is 12.0 Å². The fourth-order valence-corrected chi connectivity index (χ4v) is 5.84. The standard InChI is InChI=1S/C18H28F4N2O3S/c1-27-15-9-8-12(10-14(15)19)16-23-17(18(20,21)22,28(2,25)26)11-24(16)13-6-4-3-5-7-13/h12-15H,3-11H2,1-2H3. The smallest absolute Gasteiger partial charge is 0.378 e. The number of halogens is 4. The Labute approximate surface area is 163 Å². The van der Waals surface area contributed by atoms with Gasteiger partial charge in [-0.3, -0.25) is 0 Å². The van der Waals surface area contributed by atoms with Crippen molar-refractivity contribution in [3.63, 3.8) is 0 Å². The summed E-state index contributed by atoms with van der Waals surface area (Å²) in [6.45, 7) is -0.726. The molecule has 28 heavy (non-hydrogen) atoms. The first-order valence-corrected chi connectivity index (χ1v) is 11.7. The average Bonchev–Trinajstić information content (AvgIpc) is 3.04. The molecule has 3 aliphatic rings. The molecule has 0 spiro atoms. The number of amidine groups is 1. The quantitative estimate of drug-likeness (QED) is 0.644. The van der Waals surface area contributed by atoms with Crippen LogP contribution < -0.4 is 0 Å². The van der Waals surface area contributed by atoms with Crippen molar-refractivity contribution in [3.8, 4) is 0 Å². The number of alkyl halides is 4. The Kier molecular flexibility index (Phi) is 6.02. The van der Waals surface area contributed by atoms with Crippen molar-refractivity contribution in [2.75, 3.05) is 19.9 Å². The lowest BCUT2D eigenvalue weighted by Gasteiger charge is -2.39. The summed E-state index contributed by atoms with van der Waals surface area (Å²) >= 11 is 0. The van der Waals surface area contributed by atoms with Gasteiger partial charge < -0.3 is 9.64 Å². The lowest BCUT2D eigenvalue weighted by molar-refractivity contribution is -0.159. The zero-order valence-electron chi connectivity index (χ0n) is 16.2. The monoisotopic (exact) mass is 428 g/mol. The number of aliphatic imine (C=N–C) groups is 1. The van der Waals surface area contributed by atoms with Gasteiger partial charge in [-0.25, -0.2) is 17.8 Å². The van der Waals surface area contributed by atoms with Crippen molar-refractivity contribution >= 4 is 15.7 Å². The number of rotatable bonds is 4. The maximum Gasteiger partial charge on any atom is 0.429 e. The molecule has 2 saturated carbocycles. The van der Waals surface area contributed by atoms with Crippen LogP contribution in [0.4, 0.5) is 17.6 Å². The Bertz CT molecular complexity index is 706. The predicted molar refractivity (Wildman–Crippen MR) is 97.7 cm³/mol. The highest BCUT2D eigenvalue weighted by Gasteiger charge is 2.67. The molecule has 5 nitrogen and oxygen atoms in total. The van der Waals surface area contributed by atoms with Gasteiger partial charge in [0.05, 0.1) is 12.6 Å². The van der Waals surface area contributed by atoms with E-state index in [0.717, 1.165) is 19.3 Å². The number of ether oxygens (including phenoxy) is 1. The molecule has 4 unspecified atom stereocenters. The molecule has 3 rings (SSSR count). The van der Waals surface area contributed by atoms with E-state index >= 15 is 0 Å². The van der Waals surface area contributed by atoms with Crippen LogP contribution in [0, 0.1) is 5.92 Å². The first-order valence-electron chi connectivity index (χ1n) is 9.80. The van der Waals surface area contributed by atoms with Gasteiger partial charge in [-0.15, -0.1) is 0 Å². The third kappa shape index (κ3) is 3.78. The second-order valence-corrected chi connectivity index (χ2v) is 10.5. The second-order valence-electron chi connectivity index (χ2n) is 8.24. The molecule has 1 heterocycles. The Hall–Kier alpha value is -0.900. The molecule has 0 aromatic heterocycles. The van der Waals surface area contributed by atoms with Crippen LogP contribution in [0.25, 0.3) is 0 Å². The summed E-state index contributed by atoms with van der Waals surface area (Å²) in [7, 11) is -3.15. The van der Waals surface area contributed by atoms with Gasteiger partial charge in [0.2, 0.25) is 0 Å². The van der Waals surface area contributed by atoms with Gasteiger partial charge in [0, 0.05) is 25.3 Å². The van der Waals surface area contributed by atoms with E-state index < -0.39 is 45.6 Å². The summed E-state index contributed by atoms with van der Waals surface area (Å²) < 4.78 is 86.0. The number of nitrogens with zero attached hydrogens (tertiary/aromatic N) is 2. The molecule has 0 bridgehead atoms. The van der Waals surface area contributed by atoms with Gasteiger partial charge in [-0.05, 0) is 32.1 Å². The zero-order chi connectivity index (χ0) is 20.7. The van der Waals surface area contributed by atoms with Crippen molar-refractivity contribution in [3.05, 3.63) is 0 Å². The highest BCUT2D eigenvalue weighted by atomic mass is 32.2. The van der Waals surface area contributed by atoms with Gasteiger partial charge in [-0.2, -0.15) is 13.2 Å². The van der Waals surface area contributed by atoms with Gasteiger partial charge in [0.25, 0.3) is 4.87 Å². The molecular weight excluding hydrogens is 400 g/mol. The van der Waals surface area contributed by atoms with E-state index in [1.165, 1.54) is 12.0 Å². The van der Waals surface area contributed by atoms with Crippen LogP contribution in [0.3, 0.4) is 0 Å². The van der Waals surface area contributed by atoms with E-state index in [4.69, 9.17) is 4.74 Å². The first kappa shape index (κ1) is 21.8. The fraction of sp³-hybridized carbons (Fsp3) is 0.944. The third-order valence-electron chi connectivity index (χ3n) is 6.43. The summed E-state index contributed by atoms with van der Waals surface area (Å²) in [5.41, 5.74) is 0. The molecule has 4 atom stereocenters. The van der Waals surface area contributed by atoms with Crippen molar-refractivity contribution in [1.82, 2.24) is 4.90 Å². The summed E-state index contributed by atoms with van der Waals surface area (Å²) in [4.78, 5) is 2.22. The van der Waals surface area contributed by atoms with Gasteiger partial charge >= 0.3 is 6.18 Å². The van der Waals surface area contributed by atoms with E-state index in [0.29, 0.717) is 31.9 Å². The van der Waals surface area contributed by atoms with Gasteiger partial charge in [0.15, 0.2) is 9.84 Å².